The zero-order valence-electron chi connectivity index (χ0n) is 12.2. The van der Waals surface area contributed by atoms with Crippen molar-refractivity contribution in [2.45, 2.75) is 32.2 Å². The van der Waals surface area contributed by atoms with E-state index in [1.165, 1.54) is 7.05 Å². The van der Waals surface area contributed by atoms with Crippen molar-refractivity contribution in [2.75, 3.05) is 17.9 Å². The van der Waals surface area contributed by atoms with Gasteiger partial charge < -0.3 is 5.11 Å². The van der Waals surface area contributed by atoms with Gasteiger partial charge in [-0.15, -0.1) is 0 Å². The first-order chi connectivity index (χ1) is 9.84. The molecule has 0 spiro atoms. The van der Waals surface area contributed by atoms with Gasteiger partial charge in [-0.2, -0.15) is 12.7 Å². The summed E-state index contributed by atoms with van der Waals surface area (Å²) in [6, 6.07) is 6.14. The molecule has 2 rings (SSSR count). The molecule has 1 aromatic carbocycles. The summed E-state index contributed by atoms with van der Waals surface area (Å²) in [5.74, 6) is -1.09. The van der Waals surface area contributed by atoms with E-state index in [1.807, 2.05) is 13.0 Å². The first kappa shape index (κ1) is 15.8. The van der Waals surface area contributed by atoms with E-state index in [2.05, 4.69) is 0 Å². The quantitative estimate of drug-likeness (QED) is 0.916. The van der Waals surface area contributed by atoms with Gasteiger partial charge in [0.05, 0.1) is 5.69 Å². The van der Waals surface area contributed by atoms with Crippen LogP contribution in [0.15, 0.2) is 24.3 Å². The van der Waals surface area contributed by atoms with Crippen molar-refractivity contribution in [3.63, 3.8) is 0 Å². The number of carboxylic acid groups (broad SMARTS) is 1. The van der Waals surface area contributed by atoms with Crippen LogP contribution < -0.4 is 4.31 Å². The molecule has 1 N–H and O–H groups in total. The molecule has 1 aromatic rings. The van der Waals surface area contributed by atoms with Crippen molar-refractivity contribution in [3.05, 3.63) is 29.8 Å². The Balaban J connectivity index is 2.33. The summed E-state index contributed by atoms with van der Waals surface area (Å²) in [5.41, 5.74) is 1.48. The average Bonchev–Trinajstić information content (AvgIpc) is 2.46. The third kappa shape index (κ3) is 3.19. The van der Waals surface area contributed by atoms with Gasteiger partial charge in [0.15, 0.2) is 0 Å². The van der Waals surface area contributed by atoms with Crippen LogP contribution in [0.4, 0.5) is 5.69 Å². The molecule has 1 atom stereocenters. The number of piperidine rings is 1. The topological polar surface area (TPSA) is 77.9 Å². The largest absolute Gasteiger partial charge is 0.480 e. The van der Waals surface area contributed by atoms with Crippen molar-refractivity contribution in [1.29, 1.82) is 0 Å². The molecule has 0 bridgehead atoms. The Labute approximate surface area is 125 Å². The van der Waals surface area contributed by atoms with E-state index in [0.717, 1.165) is 20.6 Å². The number of hydrogen-bond acceptors (Lipinski definition) is 3. The Morgan fingerprint density at radius 2 is 2.10 bits per heavy atom. The molecule has 0 amide bonds. The van der Waals surface area contributed by atoms with Gasteiger partial charge in [-0.3, -0.25) is 9.10 Å². The normalized spacial score (nSPS) is 20.2. The molecule has 116 valence electrons. The van der Waals surface area contributed by atoms with Gasteiger partial charge in [0.2, 0.25) is 0 Å². The number of anilines is 1. The lowest BCUT2D eigenvalue weighted by Crippen LogP contribution is -2.52. The lowest BCUT2D eigenvalue weighted by Gasteiger charge is -2.35. The Bertz CT molecular complexity index is 630. The van der Waals surface area contributed by atoms with Crippen molar-refractivity contribution in [1.82, 2.24) is 4.31 Å². The fourth-order valence-electron chi connectivity index (χ4n) is 2.54. The molecule has 0 aliphatic carbocycles. The average molecular weight is 312 g/mol. The fraction of sp³-hybridized carbons (Fsp3) is 0.500. The van der Waals surface area contributed by atoms with Gasteiger partial charge in [-0.05, 0) is 43.9 Å². The maximum atomic E-state index is 12.7. The van der Waals surface area contributed by atoms with Gasteiger partial charge in [0, 0.05) is 13.6 Å². The zero-order chi connectivity index (χ0) is 15.6. The highest BCUT2D eigenvalue weighted by Crippen LogP contribution is 2.26. The number of benzene rings is 1. The van der Waals surface area contributed by atoms with Crippen LogP contribution in [0.5, 0.6) is 0 Å². The van der Waals surface area contributed by atoms with E-state index in [9.17, 15) is 18.3 Å². The van der Waals surface area contributed by atoms with E-state index in [4.69, 9.17) is 0 Å². The van der Waals surface area contributed by atoms with Gasteiger partial charge in [-0.25, -0.2) is 0 Å². The molecule has 6 nitrogen and oxygen atoms in total. The zero-order valence-corrected chi connectivity index (χ0v) is 13.0. The van der Waals surface area contributed by atoms with Crippen molar-refractivity contribution in [2.24, 2.45) is 0 Å². The minimum atomic E-state index is -3.84. The summed E-state index contributed by atoms with van der Waals surface area (Å²) in [6.45, 7) is 2.13. The van der Waals surface area contributed by atoms with Gasteiger partial charge >= 0.3 is 16.2 Å². The third-order valence-electron chi connectivity index (χ3n) is 3.75. The number of aliphatic carboxylic acids is 1. The second-order valence-corrected chi connectivity index (χ2v) is 7.19. The fourth-order valence-corrected chi connectivity index (χ4v) is 4.11. The van der Waals surface area contributed by atoms with Crippen LogP contribution in [0.1, 0.15) is 24.8 Å². The molecule has 1 heterocycles. The minimum Gasteiger partial charge on any atom is -0.480 e. The SMILES string of the molecule is Cc1cccc(N(C)S(=O)(=O)N2CCCCC2C(=O)O)c1. The monoisotopic (exact) mass is 312 g/mol. The lowest BCUT2D eigenvalue weighted by atomic mass is 10.1. The summed E-state index contributed by atoms with van der Waals surface area (Å²) < 4.78 is 27.7. The number of carbonyl (C=O) groups is 1. The van der Waals surface area contributed by atoms with E-state index in [-0.39, 0.29) is 6.54 Å². The highest BCUT2D eigenvalue weighted by atomic mass is 32.2. The summed E-state index contributed by atoms with van der Waals surface area (Å²) in [7, 11) is -2.38. The van der Waals surface area contributed by atoms with Crippen LogP contribution in [0.2, 0.25) is 0 Å². The molecule has 0 saturated carbocycles. The van der Waals surface area contributed by atoms with E-state index < -0.39 is 22.2 Å². The van der Waals surface area contributed by atoms with Crippen molar-refractivity contribution < 1.29 is 18.3 Å². The number of carboxylic acids is 1. The third-order valence-corrected chi connectivity index (χ3v) is 5.68. The Morgan fingerprint density at radius 1 is 1.38 bits per heavy atom. The smallest absolute Gasteiger partial charge is 0.322 e. The molecule has 0 radical (unpaired) electrons. The van der Waals surface area contributed by atoms with Crippen LogP contribution in [-0.4, -0.2) is 43.4 Å². The van der Waals surface area contributed by atoms with Gasteiger partial charge in [-0.1, -0.05) is 12.1 Å². The predicted octanol–water partition coefficient (Wildman–Crippen LogP) is 1.62. The first-order valence-electron chi connectivity index (χ1n) is 6.89. The molecular formula is C14H20N2O4S. The van der Waals surface area contributed by atoms with Crippen molar-refractivity contribution >= 4 is 21.9 Å². The molecule has 1 aliphatic heterocycles. The second-order valence-electron chi connectivity index (χ2n) is 5.27. The lowest BCUT2D eigenvalue weighted by molar-refractivity contribution is -0.142. The molecule has 1 aliphatic rings. The van der Waals surface area contributed by atoms with Crippen LogP contribution in [0, 0.1) is 6.92 Å². The minimum absolute atomic E-state index is 0.245. The number of nitrogens with zero attached hydrogens (tertiary/aromatic N) is 2. The standard InChI is InChI=1S/C14H20N2O4S/c1-11-6-5-7-12(10-11)15(2)21(19,20)16-9-4-3-8-13(16)14(17)18/h5-7,10,13H,3-4,8-9H2,1-2H3,(H,17,18). The summed E-state index contributed by atoms with van der Waals surface area (Å²) >= 11 is 0. The molecule has 1 unspecified atom stereocenters. The second kappa shape index (κ2) is 6.03. The van der Waals surface area contributed by atoms with Crippen LogP contribution in [-0.2, 0) is 15.0 Å². The molecule has 0 aromatic heterocycles. The Kier molecular flexibility index (Phi) is 4.53. The van der Waals surface area contributed by atoms with Crippen molar-refractivity contribution in [3.8, 4) is 0 Å². The molecule has 1 fully saturated rings. The van der Waals surface area contributed by atoms with Crippen LogP contribution >= 0.6 is 0 Å². The number of aryl methyl sites for hydroxylation is 1. The van der Waals surface area contributed by atoms with E-state index in [0.29, 0.717) is 18.5 Å². The van der Waals surface area contributed by atoms with Crippen LogP contribution in [0.25, 0.3) is 0 Å². The maximum absolute atomic E-state index is 12.7. The first-order valence-corrected chi connectivity index (χ1v) is 8.29. The predicted molar refractivity (Wildman–Crippen MR) is 80.5 cm³/mol. The highest BCUT2D eigenvalue weighted by Gasteiger charge is 2.39. The summed E-state index contributed by atoms with van der Waals surface area (Å²) in [4.78, 5) is 11.3. The molecule has 1 saturated heterocycles. The Hall–Kier alpha value is -1.60. The number of hydrogen-bond donors (Lipinski definition) is 1. The van der Waals surface area contributed by atoms with Gasteiger partial charge in [0.25, 0.3) is 0 Å². The van der Waals surface area contributed by atoms with E-state index >= 15 is 0 Å². The van der Waals surface area contributed by atoms with Gasteiger partial charge in [0.1, 0.15) is 6.04 Å². The Morgan fingerprint density at radius 3 is 2.71 bits per heavy atom. The van der Waals surface area contributed by atoms with Crippen LogP contribution in [0.3, 0.4) is 0 Å². The summed E-state index contributed by atoms with van der Waals surface area (Å²) in [5, 5.41) is 9.24. The summed E-state index contributed by atoms with van der Waals surface area (Å²) in [6.07, 6.45) is 1.78. The molecular weight excluding hydrogens is 292 g/mol. The molecule has 7 heteroatoms. The van der Waals surface area contributed by atoms with E-state index in [1.54, 1.807) is 18.2 Å². The molecule has 21 heavy (non-hydrogen) atoms. The number of rotatable bonds is 4. The highest BCUT2D eigenvalue weighted by molar-refractivity contribution is 7.90. The maximum Gasteiger partial charge on any atom is 0.322 e.